The molecule has 0 saturated heterocycles. The van der Waals surface area contributed by atoms with Crippen LogP contribution in [0.15, 0.2) is 53.5 Å². The van der Waals surface area contributed by atoms with Crippen LogP contribution in [0.5, 0.6) is 5.75 Å². The fourth-order valence-electron chi connectivity index (χ4n) is 4.00. The van der Waals surface area contributed by atoms with Gasteiger partial charge in [-0.3, -0.25) is 9.59 Å². The number of amides is 3. The van der Waals surface area contributed by atoms with Gasteiger partial charge in [-0.15, -0.1) is 0 Å². The van der Waals surface area contributed by atoms with Gasteiger partial charge in [0.05, 0.1) is 19.1 Å². The number of hydrogen-bond donors (Lipinski definition) is 1. The molecule has 1 N–H and O–H groups in total. The van der Waals surface area contributed by atoms with Crippen molar-refractivity contribution in [1.29, 1.82) is 0 Å². The van der Waals surface area contributed by atoms with Gasteiger partial charge < -0.3 is 19.6 Å². The summed E-state index contributed by atoms with van der Waals surface area (Å²) in [5.41, 5.74) is 0.840. The number of urea groups is 1. The summed E-state index contributed by atoms with van der Waals surface area (Å²) in [5, 5.41) is 10.3. The molecule has 3 rings (SSSR count). The zero-order valence-electron chi connectivity index (χ0n) is 19.5. The number of hydrogen-bond acceptors (Lipinski definition) is 4. The van der Waals surface area contributed by atoms with Crippen LogP contribution in [0.25, 0.3) is 0 Å². The molecule has 35 heavy (non-hydrogen) atoms. The predicted molar refractivity (Wildman–Crippen MR) is 129 cm³/mol. The Morgan fingerprint density at radius 1 is 1.23 bits per heavy atom. The maximum atomic E-state index is 13.0. The molecule has 2 aromatic carbocycles. The van der Waals surface area contributed by atoms with Crippen LogP contribution in [0, 0.1) is 11.7 Å². The standard InChI is InChI=1S/C25H27ClFN3O5/c1-16-22(24(32)33)23(17-5-3-6-18(26)15-17)30(25(34)28-16)13-4-12-29(2)21(31)11-14-35-20-9-7-19(27)8-10-20/h3,5-10,15,22-23H,4,11-14H2,1-2H3,(H,32,33). The van der Waals surface area contributed by atoms with Crippen molar-refractivity contribution in [3.8, 4) is 5.75 Å². The van der Waals surface area contributed by atoms with Crippen molar-refractivity contribution in [2.75, 3.05) is 26.7 Å². The summed E-state index contributed by atoms with van der Waals surface area (Å²) in [7, 11) is 1.65. The van der Waals surface area contributed by atoms with Crippen molar-refractivity contribution >= 4 is 35.2 Å². The van der Waals surface area contributed by atoms with Crippen molar-refractivity contribution in [2.24, 2.45) is 10.9 Å². The molecule has 186 valence electrons. The van der Waals surface area contributed by atoms with Gasteiger partial charge in [-0.2, -0.15) is 0 Å². The van der Waals surface area contributed by atoms with Crippen molar-refractivity contribution in [2.45, 2.75) is 25.8 Å². The topological polar surface area (TPSA) is 99.5 Å². The van der Waals surface area contributed by atoms with Crippen LogP contribution >= 0.6 is 11.6 Å². The number of aliphatic imine (C=N–C) groups is 1. The molecule has 0 fully saturated rings. The summed E-state index contributed by atoms with van der Waals surface area (Å²) >= 11 is 6.13. The molecule has 0 aliphatic carbocycles. The van der Waals surface area contributed by atoms with E-state index in [1.54, 1.807) is 31.3 Å². The molecule has 0 aromatic heterocycles. The summed E-state index contributed by atoms with van der Waals surface area (Å²) in [6.45, 7) is 2.23. The monoisotopic (exact) mass is 503 g/mol. The summed E-state index contributed by atoms with van der Waals surface area (Å²) in [5.74, 6) is -2.13. The highest BCUT2D eigenvalue weighted by Crippen LogP contribution is 2.35. The lowest BCUT2D eigenvalue weighted by Crippen LogP contribution is -2.47. The number of halogens is 2. The molecule has 2 atom stereocenters. The number of carbonyl (C=O) groups is 3. The van der Waals surface area contributed by atoms with E-state index >= 15 is 0 Å². The summed E-state index contributed by atoms with van der Waals surface area (Å²) in [4.78, 5) is 44.1. The Balaban J connectivity index is 1.60. The molecule has 1 heterocycles. The lowest BCUT2D eigenvalue weighted by Gasteiger charge is -2.38. The Morgan fingerprint density at radius 3 is 2.60 bits per heavy atom. The largest absolute Gasteiger partial charge is 0.493 e. The molecule has 1 aliphatic rings. The highest BCUT2D eigenvalue weighted by atomic mass is 35.5. The zero-order valence-corrected chi connectivity index (χ0v) is 20.2. The highest BCUT2D eigenvalue weighted by Gasteiger charge is 2.42. The highest BCUT2D eigenvalue weighted by molar-refractivity contribution is 6.30. The Labute approximate surface area is 208 Å². The number of carboxylic acid groups (broad SMARTS) is 1. The molecule has 8 nitrogen and oxygen atoms in total. The number of nitrogens with zero attached hydrogens (tertiary/aromatic N) is 3. The van der Waals surface area contributed by atoms with Crippen molar-refractivity contribution in [1.82, 2.24) is 9.80 Å². The maximum Gasteiger partial charge on any atom is 0.344 e. The fourth-order valence-corrected chi connectivity index (χ4v) is 4.20. The Morgan fingerprint density at radius 2 is 1.94 bits per heavy atom. The third kappa shape index (κ3) is 6.79. The fraction of sp³-hybridized carbons (Fsp3) is 0.360. The van der Waals surface area contributed by atoms with Gasteiger partial charge in [0.2, 0.25) is 5.91 Å². The van der Waals surface area contributed by atoms with Gasteiger partial charge in [-0.25, -0.2) is 14.2 Å². The second kappa shape index (κ2) is 11.8. The minimum absolute atomic E-state index is 0.131. The van der Waals surface area contributed by atoms with E-state index in [1.165, 1.54) is 41.0 Å². The van der Waals surface area contributed by atoms with Crippen LogP contribution in [0.4, 0.5) is 9.18 Å². The van der Waals surface area contributed by atoms with E-state index in [9.17, 15) is 23.9 Å². The molecular weight excluding hydrogens is 477 g/mol. The second-order valence-corrected chi connectivity index (χ2v) is 8.70. The van der Waals surface area contributed by atoms with E-state index in [1.807, 2.05) is 0 Å². The van der Waals surface area contributed by atoms with E-state index in [0.717, 1.165) is 0 Å². The minimum Gasteiger partial charge on any atom is -0.493 e. The molecule has 0 saturated carbocycles. The van der Waals surface area contributed by atoms with Crippen LogP contribution in [-0.2, 0) is 9.59 Å². The molecule has 2 unspecified atom stereocenters. The van der Waals surface area contributed by atoms with Crippen LogP contribution in [0.1, 0.15) is 31.4 Å². The van der Waals surface area contributed by atoms with Crippen molar-refractivity contribution < 1.29 is 28.6 Å². The molecule has 1 aliphatic heterocycles. The maximum absolute atomic E-state index is 13.0. The summed E-state index contributed by atoms with van der Waals surface area (Å²) in [6, 6.07) is 11.0. The van der Waals surface area contributed by atoms with Crippen LogP contribution < -0.4 is 4.74 Å². The summed E-state index contributed by atoms with van der Waals surface area (Å²) < 4.78 is 18.4. The number of carboxylic acids is 1. The lowest BCUT2D eigenvalue weighted by atomic mass is 9.87. The van der Waals surface area contributed by atoms with E-state index in [2.05, 4.69) is 4.99 Å². The van der Waals surface area contributed by atoms with E-state index in [4.69, 9.17) is 16.3 Å². The van der Waals surface area contributed by atoms with Crippen molar-refractivity contribution in [3.63, 3.8) is 0 Å². The number of benzene rings is 2. The molecule has 2 aromatic rings. The van der Waals surface area contributed by atoms with Gasteiger partial charge >= 0.3 is 12.0 Å². The smallest absolute Gasteiger partial charge is 0.344 e. The molecule has 3 amide bonds. The molecular formula is C25H27ClFN3O5. The normalized spacial score (nSPS) is 17.7. The van der Waals surface area contributed by atoms with Crippen LogP contribution in [0.2, 0.25) is 5.02 Å². The van der Waals surface area contributed by atoms with Gasteiger partial charge in [0, 0.05) is 30.9 Å². The molecule has 0 radical (unpaired) electrons. The van der Waals surface area contributed by atoms with Gasteiger partial charge in [0.25, 0.3) is 0 Å². The number of ether oxygens (including phenoxy) is 1. The first-order chi connectivity index (χ1) is 16.7. The van der Waals surface area contributed by atoms with Gasteiger partial charge in [0.1, 0.15) is 17.5 Å². The molecule has 0 bridgehead atoms. The first kappa shape index (κ1) is 26.2. The van der Waals surface area contributed by atoms with Gasteiger partial charge in [-0.1, -0.05) is 23.7 Å². The Hall–Kier alpha value is -3.46. The minimum atomic E-state index is -1.08. The third-order valence-corrected chi connectivity index (χ3v) is 6.03. The zero-order chi connectivity index (χ0) is 25.5. The number of rotatable bonds is 10. The first-order valence-corrected chi connectivity index (χ1v) is 11.5. The second-order valence-electron chi connectivity index (χ2n) is 8.27. The average molecular weight is 504 g/mol. The van der Waals surface area contributed by atoms with Crippen LogP contribution in [-0.4, -0.2) is 65.3 Å². The molecule has 10 heteroatoms. The summed E-state index contributed by atoms with van der Waals surface area (Å²) in [6.07, 6.45) is 0.553. The van der Waals surface area contributed by atoms with E-state index in [0.29, 0.717) is 29.3 Å². The van der Waals surface area contributed by atoms with E-state index in [-0.39, 0.29) is 37.0 Å². The predicted octanol–water partition coefficient (Wildman–Crippen LogP) is 4.44. The first-order valence-electron chi connectivity index (χ1n) is 11.1. The van der Waals surface area contributed by atoms with Gasteiger partial charge in [0.15, 0.2) is 0 Å². The van der Waals surface area contributed by atoms with Crippen molar-refractivity contribution in [3.05, 3.63) is 64.9 Å². The lowest BCUT2D eigenvalue weighted by molar-refractivity contribution is -0.141. The van der Waals surface area contributed by atoms with Crippen LogP contribution in [0.3, 0.4) is 0 Å². The quantitative estimate of drug-likeness (QED) is 0.517. The Bertz CT molecular complexity index is 1110. The van der Waals surface area contributed by atoms with E-state index < -0.39 is 24.0 Å². The SMILES string of the molecule is CC1=NC(=O)N(CCCN(C)C(=O)CCOc2ccc(F)cc2)C(c2cccc(Cl)c2)C1C(=O)O. The third-order valence-electron chi connectivity index (χ3n) is 5.79. The number of carbonyl (C=O) groups excluding carboxylic acids is 2. The Kier molecular flexibility index (Phi) is 8.81. The van der Waals surface area contributed by atoms with Gasteiger partial charge in [-0.05, 0) is 55.3 Å². The number of aliphatic carboxylic acids is 1. The molecule has 0 spiro atoms. The average Bonchev–Trinajstić information content (AvgIpc) is 2.80.